The first-order valence-electron chi connectivity index (χ1n) is 29.0. The molecule has 18 nitrogen and oxygen atoms in total. The minimum atomic E-state index is -4.73. The molecule has 3 fully saturated rings. The molecule has 12 rings (SSSR count). The van der Waals surface area contributed by atoms with Crippen molar-refractivity contribution in [2.75, 3.05) is 90.8 Å². The van der Waals surface area contributed by atoms with Crippen molar-refractivity contribution in [1.82, 2.24) is 45.9 Å². The fraction of sp³-hybridized carbons (Fsp3) is 0.209. The van der Waals surface area contributed by atoms with Crippen LogP contribution in [0.15, 0.2) is 189 Å². The Morgan fingerprint density at radius 2 is 0.747 bits per heavy atom. The zero-order valence-electron chi connectivity index (χ0n) is 49.0. The van der Waals surface area contributed by atoms with Crippen LogP contribution in [0.3, 0.4) is 0 Å². The third-order valence-corrected chi connectivity index (χ3v) is 15.5. The van der Waals surface area contributed by atoms with E-state index in [4.69, 9.17) is 22.2 Å². The van der Waals surface area contributed by atoms with Crippen molar-refractivity contribution in [2.45, 2.75) is 30.5 Å². The SMILES string of the molecule is C=Cc1ccc(N2CCN[C@@H](c3ccccc3)C2)nc1C(=O)c1cccnc1N.Nc1ncccc1C(=O)c1nc(N2CCN[C@@H](c3ccccc3)C2)ccc1C(F)(F)F.Nc1ncccc1C(=O)c1nc(N2CCN[C@H](c3ccccc3)C2)ccc1C(F)(F)F.[HH].[HH].[HH].[HH].[HH].[HH].[HH].[HH].[HH]. The standard InChI is InChI=1S/C23H23N5O.2C22H20F3N5O.9H2/c1-2-16-10-11-20(27-21(16)22(29)18-9-6-12-26-23(18)24)28-14-13-25-19(15-28)17-7-4-3-5-8-17;2*23-22(24,25)16-8-9-18(29-19(16)20(31)15-7-4-10-28-21(15)26)30-12-11-27-17(13-30)14-5-2-1-3-6-14;;;;;;;;;/h2-12,19,25H,1,13-15H2,(H2,24,26);2*1-10,17,27H,11-13H2,(H2,26,28);9*1H/t19-;2*17-;;;;;;;;;/m110........./s1. The van der Waals surface area contributed by atoms with Gasteiger partial charge < -0.3 is 47.9 Å². The molecule has 0 bridgehead atoms. The van der Waals surface area contributed by atoms with Crippen LogP contribution in [0.2, 0.25) is 0 Å². The molecule has 484 valence electrons. The first-order chi connectivity index (χ1) is 43.9. The normalized spacial score (nSPS) is 16.7. The van der Waals surface area contributed by atoms with Crippen molar-refractivity contribution >= 4 is 58.3 Å². The number of hydrogen-bond donors (Lipinski definition) is 6. The predicted octanol–water partition coefficient (Wildman–Crippen LogP) is 12.2. The van der Waals surface area contributed by atoms with E-state index in [0.717, 1.165) is 48.7 Å². The number of ketones is 3. The summed E-state index contributed by atoms with van der Waals surface area (Å²) in [7, 11) is 0. The summed E-state index contributed by atoms with van der Waals surface area (Å²) in [5.41, 5.74) is 18.3. The van der Waals surface area contributed by atoms with Crippen LogP contribution in [0.1, 0.15) is 113 Å². The van der Waals surface area contributed by atoms with Crippen molar-refractivity contribution in [1.29, 1.82) is 0 Å². The topological polar surface area (TPSA) is 252 Å². The van der Waals surface area contributed by atoms with Crippen LogP contribution in [-0.4, -0.2) is 106 Å². The van der Waals surface area contributed by atoms with Gasteiger partial charge in [-0.05, 0) is 89.5 Å². The molecule has 3 saturated heterocycles. The maximum Gasteiger partial charge on any atom is 0.418 e. The fourth-order valence-corrected chi connectivity index (χ4v) is 10.8. The summed E-state index contributed by atoms with van der Waals surface area (Å²) in [5, 5.41) is 10.4. The predicted molar refractivity (Wildman–Crippen MR) is 356 cm³/mol. The van der Waals surface area contributed by atoms with Crippen molar-refractivity contribution in [3.8, 4) is 0 Å². The first-order valence-corrected chi connectivity index (χ1v) is 29.0. The molecule has 3 aliphatic rings. The summed E-state index contributed by atoms with van der Waals surface area (Å²) in [6.07, 6.45) is -3.53. The Hall–Kier alpha value is -10.4. The summed E-state index contributed by atoms with van der Waals surface area (Å²) >= 11 is 0. The number of piperazine rings is 3. The summed E-state index contributed by atoms with van der Waals surface area (Å²) in [4.78, 5) is 69.6. The molecule has 3 aliphatic heterocycles. The molecule has 0 amide bonds. The molecule has 0 spiro atoms. The number of aromatic nitrogens is 6. The molecule has 6 aromatic heterocycles. The molecular weight excluding hydrogens is 1180 g/mol. The summed E-state index contributed by atoms with van der Waals surface area (Å²) in [6.45, 7) is 9.59. The fourth-order valence-electron chi connectivity index (χ4n) is 10.8. The number of rotatable bonds is 13. The molecule has 0 aliphatic carbocycles. The molecule has 24 heteroatoms. The maximum atomic E-state index is 13.6. The van der Waals surface area contributed by atoms with E-state index in [2.05, 4.69) is 64.5 Å². The van der Waals surface area contributed by atoms with Gasteiger partial charge in [0, 0.05) is 114 Å². The van der Waals surface area contributed by atoms with Gasteiger partial charge in [0.2, 0.25) is 17.3 Å². The maximum absolute atomic E-state index is 13.6. The van der Waals surface area contributed by atoms with Gasteiger partial charge in [-0.3, -0.25) is 14.4 Å². The largest absolute Gasteiger partial charge is 0.418 e. The average molecular weight is 1260 g/mol. The number of nitrogens with one attached hydrogen (secondary N) is 3. The van der Waals surface area contributed by atoms with Crippen LogP contribution >= 0.6 is 0 Å². The minimum absolute atomic E-state index is 0. The lowest BCUT2D eigenvalue weighted by molar-refractivity contribution is -0.138. The van der Waals surface area contributed by atoms with Crippen molar-refractivity contribution in [3.63, 3.8) is 0 Å². The third kappa shape index (κ3) is 15.2. The van der Waals surface area contributed by atoms with Crippen LogP contribution in [0.5, 0.6) is 0 Å². The van der Waals surface area contributed by atoms with E-state index in [1.807, 2.05) is 101 Å². The molecule has 0 radical (unpaired) electrons. The highest BCUT2D eigenvalue weighted by Crippen LogP contribution is 2.37. The molecule has 9 aromatic rings. The molecule has 0 saturated carbocycles. The number of carbonyl (C=O) groups excluding carboxylic acids is 3. The van der Waals surface area contributed by atoms with Crippen LogP contribution in [0, 0.1) is 0 Å². The number of hydrogen-bond acceptors (Lipinski definition) is 18. The number of nitrogens with two attached hydrogens (primary N) is 3. The smallest absolute Gasteiger partial charge is 0.383 e. The number of benzene rings is 3. The van der Waals surface area contributed by atoms with Crippen molar-refractivity contribution in [3.05, 3.63) is 256 Å². The zero-order chi connectivity index (χ0) is 64.2. The Morgan fingerprint density at radius 3 is 1.05 bits per heavy atom. The zero-order valence-corrected chi connectivity index (χ0v) is 49.0. The number of alkyl halides is 6. The van der Waals surface area contributed by atoms with Gasteiger partial charge in [0.1, 0.15) is 52.0 Å². The van der Waals surface area contributed by atoms with Crippen LogP contribution in [0.25, 0.3) is 6.08 Å². The number of nitrogen functional groups attached to an aromatic ring is 3. The summed E-state index contributed by atoms with van der Waals surface area (Å²) in [5.74, 6) is -0.762. The van der Waals surface area contributed by atoms with Gasteiger partial charge in [-0.1, -0.05) is 104 Å². The second kappa shape index (κ2) is 28.4. The van der Waals surface area contributed by atoms with Gasteiger partial charge >= 0.3 is 12.4 Å². The first kappa shape index (κ1) is 63.6. The second-order valence-electron chi connectivity index (χ2n) is 21.3. The lowest BCUT2D eigenvalue weighted by atomic mass is 10.0. The number of carbonyl (C=O) groups is 3. The van der Waals surface area contributed by atoms with E-state index in [9.17, 15) is 40.7 Å². The van der Waals surface area contributed by atoms with Crippen LogP contribution < -0.4 is 47.9 Å². The molecule has 9 heterocycles. The minimum Gasteiger partial charge on any atom is -0.383 e. The Balaban J connectivity index is 0.000000718. The lowest BCUT2D eigenvalue weighted by Crippen LogP contribution is -2.46. The van der Waals surface area contributed by atoms with E-state index >= 15 is 0 Å². The van der Waals surface area contributed by atoms with Gasteiger partial charge in [-0.2, -0.15) is 26.3 Å². The molecule has 91 heavy (non-hydrogen) atoms. The highest BCUT2D eigenvalue weighted by molar-refractivity contribution is 6.13. The monoisotopic (exact) mass is 1260 g/mol. The van der Waals surface area contributed by atoms with Gasteiger partial charge in [0.15, 0.2) is 0 Å². The average Bonchev–Trinajstić information content (AvgIpc) is 0.809. The van der Waals surface area contributed by atoms with E-state index < -0.39 is 46.4 Å². The summed E-state index contributed by atoms with van der Waals surface area (Å²) < 4.78 is 81.7. The van der Waals surface area contributed by atoms with Gasteiger partial charge in [-0.15, -0.1) is 0 Å². The number of pyridine rings is 6. The molecule has 0 unspecified atom stereocenters. The Kier molecular flexibility index (Phi) is 19.8. The van der Waals surface area contributed by atoms with E-state index in [0.29, 0.717) is 67.7 Å². The molecular formula is C67H81F6N15O3. The van der Waals surface area contributed by atoms with E-state index in [1.54, 1.807) is 24.4 Å². The van der Waals surface area contributed by atoms with Crippen LogP contribution in [-0.2, 0) is 12.4 Å². The van der Waals surface area contributed by atoms with E-state index in [-0.39, 0.29) is 65.3 Å². The Bertz CT molecular complexity index is 3900. The van der Waals surface area contributed by atoms with Crippen molar-refractivity contribution < 1.29 is 53.6 Å². The highest BCUT2D eigenvalue weighted by Gasteiger charge is 2.39. The quantitative estimate of drug-likeness (QED) is 0.0463. The second-order valence-corrected chi connectivity index (χ2v) is 21.3. The van der Waals surface area contributed by atoms with Crippen LogP contribution in [0.4, 0.5) is 61.2 Å². The summed E-state index contributed by atoms with van der Waals surface area (Å²) in [6, 6.07) is 47.2. The van der Waals surface area contributed by atoms with Crippen molar-refractivity contribution in [2.24, 2.45) is 0 Å². The van der Waals surface area contributed by atoms with Gasteiger partial charge in [-0.25, -0.2) is 29.9 Å². The number of nitrogens with zero attached hydrogens (tertiary/aromatic N) is 9. The Morgan fingerprint density at radius 1 is 0.440 bits per heavy atom. The highest BCUT2D eigenvalue weighted by atomic mass is 19.4. The third-order valence-electron chi connectivity index (χ3n) is 15.5. The van der Waals surface area contributed by atoms with Gasteiger partial charge in [0.25, 0.3) is 0 Å². The number of anilines is 6. The number of halogens is 6. The lowest BCUT2D eigenvalue weighted by Gasteiger charge is -2.35. The molecule has 3 aromatic carbocycles. The molecule has 3 atom stereocenters. The molecule has 9 N–H and O–H groups in total. The van der Waals surface area contributed by atoms with E-state index in [1.165, 1.54) is 54.4 Å². The van der Waals surface area contributed by atoms with Gasteiger partial charge in [0.05, 0.1) is 27.8 Å². The Labute approximate surface area is 533 Å².